The lowest BCUT2D eigenvalue weighted by Gasteiger charge is -2.06. The Morgan fingerprint density at radius 2 is 2.00 bits per heavy atom. The van der Waals surface area contributed by atoms with E-state index in [1.165, 1.54) is 11.8 Å². The zero-order chi connectivity index (χ0) is 16.1. The molecule has 0 aliphatic carbocycles. The van der Waals surface area contributed by atoms with Crippen LogP contribution >= 0.6 is 11.8 Å². The minimum atomic E-state index is -0.147. The number of carbonyl (C=O) groups excluding carboxylic acids is 1. The number of aromatic nitrogens is 2. The Labute approximate surface area is 133 Å². The van der Waals surface area contributed by atoms with Gasteiger partial charge in [0.25, 0.3) is 5.56 Å². The number of nitrogens with one attached hydrogen (secondary N) is 1. The van der Waals surface area contributed by atoms with Gasteiger partial charge >= 0.3 is 0 Å². The summed E-state index contributed by atoms with van der Waals surface area (Å²) in [6.45, 7) is 3.70. The zero-order valence-corrected chi connectivity index (χ0v) is 13.6. The summed E-state index contributed by atoms with van der Waals surface area (Å²) in [5.41, 5.74) is 1.86. The van der Waals surface area contributed by atoms with Crippen LogP contribution in [-0.2, 0) is 6.42 Å². The van der Waals surface area contributed by atoms with Gasteiger partial charge in [-0.15, -0.1) is 0 Å². The first kappa shape index (κ1) is 16.3. The number of aromatic amines is 1. The monoisotopic (exact) mass is 318 g/mol. The number of methoxy groups -OCH3 is 1. The van der Waals surface area contributed by atoms with Crippen molar-refractivity contribution in [1.82, 2.24) is 9.97 Å². The van der Waals surface area contributed by atoms with Crippen LogP contribution in [0.25, 0.3) is 0 Å². The number of ketones is 1. The number of ether oxygens (including phenoxy) is 1. The molecule has 0 atom stereocenters. The normalized spacial score (nSPS) is 10.5. The van der Waals surface area contributed by atoms with Crippen molar-refractivity contribution in [2.75, 3.05) is 12.9 Å². The molecule has 0 aliphatic heterocycles. The Bertz CT molecular complexity index is 723. The van der Waals surface area contributed by atoms with Gasteiger partial charge in [-0.1, -0.05) is 18.7 Å². The van der Waals surface area contributed by atoms with E-state index in [2.05, 4.69) is 9.97 Å². The Hall–Kier alpha value is -2.08. The smallest absolute Gasteiger partial charge is 0.254 e. The first-order valence-corrected chi connectivity index (χ1v) is 7.93. The Kier molecular flexibility index (Phi) is 5.38. The minimum Gasteiger partial charge on any atom is -0.497 e. The lowest BCUT2D eigenvalue weighted by Crippen LogP contribution is -2.16. The summed E-state index contributed by atoms with van der Waals surface area (Å²) < 4.78 is 5.06. The zero-order valence-electron chi connectivity index (χ0n) is 12.8. The molecule has 22 heavy (non-hydrogen) atoms. The number of Topliss-reactive ketones (excluding diaryl/α,β-unsaturated/α-hetero) is 1. The molecule has 0 radical (unpaired) electrons. The summed E-state index contributed by atoms with van der Waals surface area (Å²) >= 11 is 1.24. The van der Waals surface area contributed by atoms with Gasteiger partial charge in [-0.05, 0) is 37.6 Å². The van der Waals surface area contributed by atoms with Crippen LogP contribution in [0.5, 0.6) is 5.75 Å². The highest BCUT2D eigenvalue weighted by Gasteiger charge is 2.10. The third kappa shape index (κ3) is 3.76. The molecule has 0 fully saturated rings. The molecule has 2 rings (SSSR count). The maximum Gasteiger partial charge on any atom is 0.254 e. The number of aryl methyl sites for hydroxylation is 1. The van der Waals surface area contributed by atoms with E-state index in [9.17, 15) is 9.59 Å². The average Bonchev–Trinajstić information content (AvgIpc) is 2.55. The van der Waals surface area contributed by atoms with E-state index in [-0.39, 0.29) is 17.1 Å². The molecule has 1 heterocycles. The van der Waals surface area contributed by atoms with Gasteiger partial charge in [0.05, 0.1) is 18.6 Å². The molecule has 2 aromatic rings. The Morgan fingerprint density at radius 3 is 2.59 bits per heavy atom. The second kappa shape index (κ2) is 7.26. The predicted molar refractivity (Wildman–Crippen MR) is 87.0 cm³/mol. The molecular weight excluding hydrogens is 300 g/mol. The highest BCUT2D eigenvalue weighted by Crippen LogP contribution is 2.17. The molecule has 0 saturated carbocycles. The summed E-state index contributed by atoms with van der Waals surface area (Å²) in [4.78, 5) is 31.0. The maximum absolute atomic E-state index is 12.1. The van der Waals surface area contributed by atoms with Crippen molar-refractivity contribution >= 4 is 17.5 Å². The minimum absolute atomic E-state index is 0.0195. The van der Waals surface area contributed by atoms with Gasteiger partial charge in [0.1, 0.15) is 5.75 Å². The third-order valence-corrected chi connectivity index (χ3v) is 4.19. The van der Waals surface area contributed by atoms with E-state index in [4.69, 9.17) is 4.74 Å². The van der Waals surface area contributed by atoms with Crippen LogP contribution < -0.4 is 10.3 Å². The number of H-pyrrole nitrogens is 1. The van der Waals surface area contributed by atoms with Gasteiger partial charge in [-0.2, -0.15) is 0 Å². The maximum atomic E-state index is 12.1. The second-order valence-electron chi connectivity index (χ2n) is 4.74. The van der Waals surface area contributed by atoms with Crippen LogP contribution in [0, 0.1) is 6.92 Å². The molecule has 1 aromatic heterocycles. The van der Waals surface area contributed by atoms with Gasteiger partial charge in [0.2, 0.25) is 0 Å². The number of hydrogen-bond acceptors (Lipinski definition) is 5. The SMILES string of the molecule is CCc1nc(SCC(=O)c2ccc(OC)cc2)[nH]c(=O)c1C. The van der Waals surface area contributed by atoms with E-state index in [1.54, 1.807) is 38.3 Å². The number of carbonyl (C=O) groups is 1. The Morgan fingerprint density at radius 1 is 1.32 bits per heavy atom. The van der Waals surface area contributed by atoms with Crippen molar-refractivity contribution in [2.24, 2.45) is 0 Å². The van der Waals surface area contributed by atoms with Crippen LogP contribution in [0.4, 0.5) is 0 Å². The van der Waals surface area contributed by atoms with Crippen molar-refractivity contribution in [1.29, 1.82) is 0 Å². The molecular formula is C16H18N2O3S. The molecule has 6 heteroatoms. The van der Waals surface area contributed by atoms with Gasteiger partial charge in [0, 0.05) is 11.1 Å². The van der Waals surface area contributed by atoms with Gasteiger partial charge in [-0.25, -0.2) is 4.98 Å². The number of rotatable bonds is 6. The fraction of sp³-hybridized carbons (Fsp3) is 0.312. The molecule has 0 aliphatic rings. The van der Waals surface area contributed by atoms with Gasteiger partial charge in [0.15, 0.2) is 10.9 Å². The van der Waals surface area contributed by atoms with Crippen LogP contribution in [0.3, 0.4) is 0 Å². The highest BCUT2D eigenvalue weighted by molar-refractivity contribution is 7.99. The van der Waals surface area contributed by atoms with E-state index in [0.717, 1.165) is 5.69 Å². The largest absolute Gasteiger partial charge is 0.497 e. The van der Waals surface area contributed by atoms with E-state index in [1.807, 2.05) is 6.92 Å². The summed E-state index contributed by atoms with van der Waals surface area (Å²) in [6, 6.07) is 6.95. The van der Waals surface area contributed by atoms with E-state index in [0.29, 0.717) is 28.5 Å². The van der Waals surface area contributed by atoms with Crippen molar-refractivity contribution in [3.63, 3.8) is 0 Å². The second-order valence-corrected chi connectivity index (χ2v) is 5.70. The average molecular weight is 318 g/mol. The number of thioether (sulfide) groups is 1. The molecule has 0 amide bonds. The van der Waals surface area contributed by atoms with Crippen LogP contribution in [-0.4, -0.2) is 28.6 Å². The molecule has 1 aromatic carbocycles. The molecule has 0 unspecified atom stereocenters. The molecule has 5 nitrogen and oxygen atoms in total. The molecule has 0 saturated heterocycles. The van der Waals surface area contributed by atoms with Crippen LogP contribution in [0.2, 0.25) is 0 Å². The third-order valence-electron chi connectivity index (χ3n) is 3.32. The summed E-state index contributed by atoms with van der Waals surface area (Å²) in [7, 11) is 1.58. The van der Waals surface area contributed by atoms with Gasteiger partial charge < -0.3 is 9.72 Å². The molecule has 1 N–H and O–H groups in total. The van der Waals surface area contributed by atoms with E-state index < -0.39 is 0 Å². The number of nitrogens with zero attached hydrogens (tertiary/aromatic N) is 1. The van der Waals surface area contributed by atoms with Crippen molar-refractivity contribution < 1.29 is 9.53 Å². The number of benzene rings is 1. The first-order valence-electron chi connectivity index (χ1n) is 6.95. The lowest BCUT2D eigenvalue weighted by molar-refractivity contribution is 0.102. The quantitative estimate of drug-likeness (QED) is 0.503. The van der Waals surface area contributed by atoms with E-state index >= 15 is 0 Å². The summed E-state index contributed by atoms with van der Waals surface area (Å²) in [5, 5.41) is 0.481. The van der Waals surface area contributed by atoms with Crippen molar-refractivity contribution in [2.45, 2.75) is 25.4 Å². The lowest BCUT2D eigenvalue weighted by atomic mass is 10.1. The van der Waals surface area contributed by atoms with Crippen LogP contribution in [0.15, 0.2) is 34.2 Å². The van der Waals surface area contributed by atoms with Crippen molar-refractivity contribution in [3.8, 4) is 5.75 Å². The highest BCUT2D eigenvalue weighted by atomic mass is 32.2. The summed E-state index contributed by atoms with van der Waals surface area (Å²) in [5.74, 6) is 0.914. The molecule has 116 valence electrons. The fourth-order valence-electron chi connectivity index (χ4n) is 1.96. The molecule has 0 bridgehead atoms. The Balaban J connectivity index is 2.07. The standard InChI is InChI=1S/C16H18N2O3S/c1-4-13-10(2)15(20)18-16(17-13)22-9-14(19)11-5-7-12(21-3)8-6-11/h5-8H,4,9H2,1-3H3,(H,17,18,20). The van der Waals surface area contributed by atoms with Crippen molar-refractivity contribution in [3.05, 3.63) is 51.4 Å². The predicted octanol–water partition coefficient (Wildman–Crippen LogP) is 2.62. The topological polar surface area (TPSA) is 72.0 Å². The fourth-order valence-corrected chi connectivity index (χ4v) is 2.74. The van der Waals surface area contributed by atoms with Gasteiger partial charge in [-0.3, -0.25) is 9.59 Å². The summed E-state index contributed by atoms with van der Waals surface area (Å²) in [6.07, 6.45) is 0.690. The number of hydrogen-bond donors (Lipinski definition) is 1. The first-order chi connectivity index (χ1) is 10.5. The van der Waals surface area contributed by atoms with Crippen LogP contribution in [0.1, 0.15) is 28.5 Å². The molecule has 0 spiro atoms.